The number of fused-ring (bicyclic) bond motifs is 4. The number of benzene rings is 14. The Labute approximate surface area is 889 Å². The molecule has 0 saturated carbocycles. The molecule has 0 radical (unpaired) electrons. The number of aromatic nitrogens is 6. The third kappa shape index (κ3) is 15.3. The molecule has 6 heteroatoms. The summed E-state index contributed by atoms with van der Waals surface area (Å²) < 4.78 is 0. The minimum absolute atomic E-state index is 0.0161. The molecule has 0 unspecified atom stereocenters. The molecule has 5 heterocycles. The van der Waals surface area contributed by atoms with E-state index in [1.807, 2.05) is 12.3 Å². The first-order valence-electron chi connectivity index (χ1n) is 53.8. The monoisotopic (exact) mass is 1950 g/mol. The van der Waals surface area contributed by atoms with Crippen LogP contribution in [0.3, 0.4) is 0 Å². The molecule has 0 aliphatic heterocycles. The Morgan fingerprint density at radius 3 is 0.527 bits per heavy atom. The lowest BCUT2D eigenvalue weighted by atomic mass is 9.59. The van der Waals surface area contributed by atoms with Crippen LogP contribution in [0.15, 0.2) is 389 Å². The van der Waals surface area contributed by atoms with Gasteiger partial charge in [0.2, 0.25) is 0 Å². The van der Waals surface area contributed by atoms with Gasteiger partial charge in [0.05, 0.1) is 28.5 Å². The summed E-state index contributed by atoms with van der Waals surface area (Å²) in [7, 11) is 0. The summed E-state index contributed by atoms with van der Waals surface area (Å²) in [6.07, 6.45) is 10.2. The second kappa shape index (κ2) is 35.2. The summed E-state index contributed by atoms with van der Waals surface area (Å²) in [6, 6.07) is 133. The molecule has 23 rings (SSSR count). The molecule has 5 aromatic heterocycles. The van der Waals surface area contributed by atoms with E-state index in [1.165, 1.54) is 44.5 Å². The lowest BCUT2D eigenvalue weighted by Gasteiger charge is -2.44. The zero-order chi connectivity index (χ0) is 105. The van der Waals surface area contributed by atoms with Gasteiger partial charge in [-0.2, -0.15) is 0 Å². The van der Waals surface area contributed by atoms with Crippen molar-refractivity contribution in [3.05, 3.63) is 433 Å². The first-order valence-corrected chi connectivity index (χ1v) is 53.8. The third-order valence-corrected chi connectivity index (χ3v) is 40.3. The van der Waals surface area contributed by atoms with Crippen LogP contribution in [0, 0.1) is 21.7 Å². The summed E-state index contributed by atoms with van der Waals surface area (Å²) in [5, 5.41) is 0. The van der Waals surface area contributed by atoms with Crippen molar-refractivity contribution in [3.8, 4) is 201 Å². The number of pyridine rings is 4. The molecule has 0 bridgehead atoms. The highest BCUT2D eigenvalue weighted by Gasteiger charge is 2.61. The van der Waals surface area contributed by atoms with Gasteiger partial charge in [-0.1, -0.05) is 433 Å². The Morgan fingerprint density at radius 2 is 0.313 bits per heavy atom. The summed E-state index contributed by atoms with van der Waals surface area (Å²) in [6.45, 7) is 57.9. The maximum atomic E-state index is 5.36. The molecular weight excluding hydrogens is 1810 g/mol. The van der Waals surface area contributed by atoms with E-state index in [4.69, 9.17) is 29.9 Å². The second-order valence-corrected chi connectivity index (χ2v) is 49.6. The molecular formula is C144H136N6. The van der Waals surface area contributed by atoms with Crippen LogP contribution in [-0.2, 0) is 43.3 Å². The Bertz CT molecular complexity index is 7720. The maximum absolute atomic E-state index is 5.36. The molecule has 0 N–H and O–H groups in total. The molecule has 150 heavy (non-hydrogen) atoms. The molecule has 4 aliphatic rings. The standard InChI is InChI=1S/C144H136N6/c1-133(2)119-65-57-93(81-123(119)137(9,10)141(133,17)18)127-69-61-97(85-146-127)109-39-27-33-45-115(109)103-75-101(76-104(79-103)116-46-34-28-40-110(116)98-62-70-128(147-86-98)94-58-66-120-124(82-94)138(11,12)142(19,20)134(120,3)4)113-43-31-25-37-107(113)89-49-53-91(54-50-89)131-73-74-145-132(150-131)92-55-51-90(52-56-92)108-38-26-32-44-114(108)102-77-105(117-47-35-29-41-111(117)99-63-71-129(148-87-99)95-59-67-121-125(83-95)139(13,14)143(21,22)135(121,5)6)80-106(78-102)118-48-36-30-42-112(118)100-64-72-130(149-88-100)96-60-68-122-126(84-96)140(15,16)144(23,24)136(122,7)8/h25-88H,1-24H3. The average Bonchev–Trinajstić information content (AvgIpc) is 1.55. The molecule has 6 nitrogen and oxygen atoms in total. The molecule has 0 saturated heterocycles. The molecule has 742 valence electrons. The molecule has 0 fully saturated rings. The van der Waals surface area contributed by atoms with E-state index >= 15 is 0 Å². The molecule has 4 aliphatic carbocycles. The molecule has 19 aromatic rings. The summed E-state index contributed by atoms with van der Waals surface area (Å²) >= 11 is 0. The molecule has 14 aromatic carbocycles. The quantitative estimate of drug-likeness (QED) is 0.0852. The van der Waals surface area contributed by atoms with E-state index in [0.717, 1.165) is 195 Å². The minimum Gasteiger partial charge on any atom is -0.256 e. The fourth-order valence-electron chi connectivity index (χ4n) is 26.2. The Kier molecular flexibility index (Phi) is 23.0. The lowest BCUT2D eigenvalue weighted by Crippen LogP contribution is -2.42. The lowest BCUT2D eigenvalue weighted by molar-refractivity contribution is 0.125. The van der Waals surface area contributed by atoms with E-state index < -0.39 is 0 Å². The van der Waals surface area contributed by atoms with Gasteiger partial charge in [0, 0.05) is 86.6 Å². The highest BCUT2D eigenvalue weighted by molar-refractivity contribution is 5.98. The van der Waals surface area contributed by atoms with Gasteiger partial charge in [0.25, 0.3) is 0 Å². The summed E-state index contributed by atoms with van der Waals surface area (Å²) in [5.41, 5.74) is 48.9. The van der Waals surface area contributed by atoms with E-state index in [2.05, 4.69) is 543 Å². The van der Waals surface area contributed by atoms with Crippen LogP contribution in [0.2, 0.25) is 0 Å². The van der Waals surface area contributed by atoms with E-state index in [1.54, 1.807) is 0 Å². The van der Waals surface area contributed by atoms with Gasteiger partial charge in [0.15, 0.2) is 5.82 Å². The predicted octanol–water partition coefficient (Wildman–Crippen LogP) is 38.4. The Hall–Kier alpha value is -15.2. The van der Waals surface area contributed by atoms with Crippen molar-refractivity contribution in [1.82, 2.24) is 29.9 Å². The molecule has 0 atom stereocenters. The van der Waals surface area contributed by atoms with Crippen molar-refractivity contribution < 1.29 is 0 Å². The SMILES string of the molecule is CC1(C)c2ccc(-c3ccc(-c4ccccc4-c4cc(-c5ccccc5-c5ccc(-c6ccnc(-c7ccc(-c8ccccc8-c8cc(-c9ccccc9-c9ccc(-c%10ccc%11c(c%10)C(C)(C)C(C)(C)C%11(C)C)nc9)cc(-c9ccccc9-c9ccc(-c%10ccc%11c(c%10)C(C)(C)C(C)(C)C%11(C)C)nc9)c8)cc7)n6)cc5)cc(-c5ccccc5-c5ccc(-c6ccc7c(c6)C(C)(C)C(C)(C)C7(C)C)nc5)c4)cn3)cc2C(C)(C)C1(C)C. The smallest absolute Gasteiger partial charge is 0.159 e. The van der Waals surface area contributed by atoms with Crippen LogP contribution < -0.4 is 0 Å². The predicted molar refractivity (Wildman–Crippen MR) is 630 cm³/mol. The van der Waals surface area contributed by atoms with Crippen molar-refractivity contribution >= 4 is 0 Å². The second-order valence-electron chi connectivity index (χ2n) is 49.6. The average molecular weight is 1950 g/mol. The van der Waals surface area contributed by atoms with Crippen molar-refractivity contribution in [2.45, 2.75) is 209 Å². The zero-order valence-electron chi connectivity index (χ0n) is 91.6. The van der Waals surface area contributed by atoms with Crippen LogP contribution in [-0.4, -0.2) is 29.9 Å². The van der Waals surface area contributed by atoms with Crippen LogP contribution in [0.4, 0.5) is 0 Å². The summed E-state index contributed by atoms with van der Waals surface area (Å²) in [5.74, 6) is 0.646. The number of nitrogens with zero attached hydrogens (tertiary/aromatic N) is 6. The van der Waals surface area contributed by atoms with E-state index in [0.29, 0.717) is 5.82 Å². The first kappa shape index (κ1) is 98.1. The fourth-order valence-corrected chi connectivity index (χ4v) is 26.2. The van der Waals surface area contributed by atoms with Gasteiger partial charge in [-0.25, -0.2) is 9.97 Å². The first-order chi connectivity index (χ1) is 71.4. The van der Waals surface area contributed by atoms with Gasteiger partial charge >= 0.3 is 0 Å². The van der Waals surface area contributed by atoms with Crippen LogP contribution in [0.25, 0.3) is 201 Å². The van der Waals surface area contributed by atoms with Gasteiger partial charge in [-0.15, -0.1) is 0 Å². The van der Waals surface area contributed by atoms with Crippen LogP contribution in [0.1, 0.15) is 211 Å². The maximum Gasteiger partial charge on any atom is 0.159 e. The Balaban J connectivity index is 0.568. The van der Waals surface area contributed by atoms with Crippen molar-refractivity contribution in [2.75, 3.05) is 0 Å². The van der Waals surface area contributed by atoms with Gasteiger partial charge in [0.1, 0.15) is 0 Å². The van der Waals surface area contributed by atoms with E-state index in [-0.39, 0.29) is 65.0 Å². The normalized spacial score (nSPS) is 17.2. The molecule has 0 spiro atoms. The van der Waals surface area contributed by atoms with Crippen LogP contribution >= 0.6 is 0 Å². The van der Waals surface area contributed by atoms with Gasteiger partial charge in [-0.05, 0) is 312 Å². The van der Waals surface area contributed by atoms with Crippen molar-refractivity contribution in [1.29, 1.82) is 0 Å². The van der Waals surface area contributed by atoms with Gasteiger partial charge in [-0.3, -0.25) is 19.9 Å². The van der Waals surface area contributed by atoms with Crippen molar-refractivity contribution in [3.63, 3.8) is 0 Å². The number of rotatable bonds is 18. The highest BCUT2D eigenvalue weighted by Crippen LogP contribution is 2.67. The summed E-state index contributed by atoms with van der Waals surface area (Å²) in [4.78, 5) is 31.5. The van der Waals surface area contributed by atoms with Crippen LogP contribution in [0.5, 0.6) is 0 Å². The number of hydrogen-bond donors (Lipinski definition) is 0. The largest absolute Gasteiger partial charge is 0.256 e. The highest BCUT2D eigenvalue weighted by atomic mass is 14.9. The van der Waals surface area contributed by atoms with Gasteiger partial charge < -0.3 is 0 Å². The van der Waals surface area contributed by atoms with E-state index in [9.17, 15) is 0 Å². The third-order valence-electron chi connectivity index (χ3n) is 40.3. The fraction of sp³-hybridized carbons (Fsp3) is 0.250. The zero-order valence-corrected chi connectivity index (χ0v) is 91.6. The minimum atomic E-state index is -0.0288. The Morgan fingerprint density at radius 1 is 0.133 bits per heavy atom. The topological polar surface area (TPSA) is 77.3 Å². The molecule has 0 amide bonds. The number of hydrogen-bond acceptors (Lipinski definition) is 6. The van der Waals surface area contributed by atoms with Crippen molar-refractivity contribution in [2.24, 2.45) is 21.7 Å².